The Morgan fingerprint density at radius 3 is 2.85 bits per heavy atom. The summed E-state index contributed by atoms with van der Waals surface area (Å²) in [6, 6.07) is 0.313. The molecule has 0 saturated heterocycles. The lowest BCUT2D eigenvalue weighted by molar-refractivity contribution is 0.540. The minimum absolute atomic E-state index is 0.0918. The van der Waals surface area contributed by atoms with Gasteiger partial charge in [0.15, 0.2) is 5.58 Å². The van der Waals surface area contributed by atoms with E-state index in [1.165, 1.54) is 12.6 Å². The molecule has 0 amide bonds. The van der Waals surface area contributed by atoms with Crippen LogP contribution in [0.2, 0.25) is 0 Å². The van der Waals surface area contributed by atoms with E-state index in [0.29, 0.717) is 17.1 Å². The molecular formula is C10H12N2O. The topological polar surface area (TPSA) is 38.9 Å². The van der Waals surface area contributed by atoms with Gasteiger partial charge in [-0.25, -0.2) is 9.97 Å². The monoisotopic (exact) mass is 177 g/mol. The molecule has 0 aliphatic carbocycles. The minimum atomic E-state index is -0.0918. The van der Waals surface area contributed by atoms with Crippen molar-refractivity contribution in [3.63, 3.8) is 0 Å². The fraction of sp³-hybridized carbons (Fsp3) is 0.400. The van der Waals surface area contributed by atoms with Crippen LogP contribution < -0.4 is 0 Å². The molecule has 3 heteroatoms. The quantitative estimate of drug-likeness (QED) is 0.620. The summed E-state index contributed by atoms with van der Waals surface area (Å²) in [5.41, 5.74) is 1.97. The Kier molecular flexibility index (Phi) is 1.39. The van der Waals surface area contributed by atoms with Crippen molar-refractivity contribution in [3.05, 3.63) is 24.3 Å². The highest BCUT2D eigenvalue weighted by Gasteiger charge is 2.20. The lowest BCUT2D eigenvalue weighted by atomic mass is 9.91. The van der Waals surface area contributed by atoms with Crippen molar-refractivity contribution >= 4 is 11.1 Å². The molecule has 2 rings (SSSR count). The highest BCUT2D eigenvalue weighted by molar-refractivity contribution is 5.75. The summed E-state index contributed by atoms with van der Waals surface area (Å²) in [5, 5.41) is 0. The van der Waals surface area contributed by atoms with Gasteiger partial charge < -0.3 is 4.42 Å². The molecule has 0 fully saturated rings. The van der Waals surface area contributed by atoms with Gasteiger partial charge in [-0.3, -0.25) is 0 Å². The molecule has 0 unspecified atom stereocenters. The molecule has 0 aliphatic heterocycles. The molecule has 68 valence electrons. The van der Waals surface area contributed by atoms with Crippen molar-refractivity contribution in [2.45, 2.75) is 26.2 Å². The Morgan fingerprint density at radius 2 is 2.15 bits per heavy atom. The number of aromatic nitrogens is 2. The van der Waals surface area contributed by atoms with Crippen molar-refractivity contribution in [2.75, 3.05) is 0 Å². The molecule has 0 bridgehead atoms. The molecule has 2 heterocycles. The molecule has 2 aromatic rings. The van der Waals surface area contributed by atoms with Crippen LogP contribution in [-0.4, -0.2) is 9.97 Å². The number of fused-ring (bicyclic) bond motifs is 1. The van der Waals surface area contributed by atoms with Crippen LogP contribution in [0.5, 0.6) is 0 Å². The van der Waals surface area contributed by atoms with Crippen molar-refractivity contribution in [3.8, 4) is 0 Å². The average molecular weight is 177 g/mol. The van der Waals surface area contributed by atoms with E-state index in [4.69, 9.17) is 5.79 Å². The van der Waals surface area contributed by atoms with Gasteiger partial charge in [0.05, 0.1) is 13.3 Å². The van der Waals surface area contributed by atoms with Gasteiger partial charge in [-0.2, -0.15) is 0 Å². The maximum Gasteiger partial charge on any atom is 0.174 e. The largest absolute Gasteiger partial charge is 0.461 e. The first-order chi connectivity index (χ1) is 6.50. The third-order valence-corrected chi connectivity index (χ3v) is 1.89. The Labute approximate surface area is 78.2 Å². The number of hydrogen-bond donors (Lipinski definition) is 0. The Hall–Kier alpha value is -1.38. The van der Waals surface area contributed by atoms with Gasteiger partial charge in [0.25, 0.3) is 0 Å². The zero-order valence-corrected chi connectivity index (χ0v) is 7.96. The normalized spacial score (nSPS) is 13.3. The first-order valence-corrected chi connectivity index (χ1v) is 4.19. The molecule has 3 nitrogen and oxygen atoms in total. The van der Waals surface area contributed by atoms with Gasteiger partial charge in [-0.05, 0) is 0 Å². The maximum atomic E-state index is 7.56. The van der Waals surface area contributed by atoms with Crippen LogP contribution >= 0.6 is 0 Å². The third-order valence-electron chi connectivity index (χ3n) is 1.89. The van der Waals surface area contributed by atoms with E-state index in [-0.39, 0.29) is 5.41 Å². The van der Waals surface area contributed by atoms with E-state index in [9.17, 15) is 0 Å². The van der Waals surface area contributed by atoms with Crippen molar-refractivity contribution in [2.24, 2.45) is 0 Å². The standard InChI is InChI=1S/C10H12N2O/c1-10(2,3)9-8-7(4-5-13-8)11-6-12-9/h4-6H,1-3H3/i4D. The van der Waals surface area contributed by atoms with Crippen LogP contribution in [0, 0.1) is 0 Å². The zero-order chi connectivity index (χ0) is 10.3. The van der Waals surface area contributed by atoms with E-state index in [1.807, 2.05) is 0 Å². The van der Waals surface area contributed by atoms with E-state index in [1.54, 1.807) is 0 Å². The maximum absolute atomic E-state index is 7.56. The first-order valence-electron chi connectivity index (χ1n) is 4.69. The minimum Gasteiger partial charge on any atom is -0.461 e. The molecule has 2 aromatic heterocycles. The molecule has 0 saturated carbocycles. The van der Waals surface area contributed by atoms with Gasteiger partial charge in [-0.15, -0.1) is 0 Å². The summed E-state index contributed by atoms with van der Waals surface area (Å²) in [6.07, 6.45) is 2.88. The van der Waals surface area contributed by atoms with Gasteiger partial charge in [-0.1, -0.05) is 20.8 Å². The van der Waals surface area contributed by atoms with Crippen LogP contribution in [0.1, 0.15) is 27.8 Å². The predicted octanol–water partition coefficient (Wildman–Crippen LogP) is 2.52. The summed E-state index contributed by atoms with van der Waals surface area (Å²) in [5.74, 6) is 0. The van der Waals surface area contributed by atoms with Crippen LogP contribution in [0.4, 0.5) is 0 Å². The number of furan rings is 1. The summed E-state index contributed by atoms with van der Waals surface area (Å²) in [4.78, 5) is 8.23. The molecule has 13 heavy (non-hydrogen) atoms. The number of nitrogens with zero attached hydrogens (tertiary/aromatic N) is 2. The fourth-order valence-electron chi connectivity index (χ4n) is 1.27. The molecule has 0 N–H and O–H groups in total. The second kappa shape index (κ2) is 2.55. The summed E-state index contributed by atoms with van der Waals surface area (Å²) >= 11 is 0. The highest BCUT2D eigenvalue weighted by Crippen LogP contribution is 2.26. The Balaban J connectivity index is 2.79. The zero-order valence-electron chi connectivity index (χ0n) is 8.96. The van der Waals surface area contributed by atoms with Gasteiger partial charge in [0.2, 0.25) is 0 Å². The Bertz CT molecular complexity index is 470. The van der Waals surface area contributed by atoms with E-state index < -0.39 is 0 Å². The molecule has 0 spiro atoms. The molecule has 0 aliphatic rings. The molecule has 0 atom stereocenters. The smallest absolute Gasteiger partial charge is 0.174 e. The van der Waals surface area contributed by atoms with Crippen molar-refractivity contribution < 1.29 is 5.79 Å². The Morgan fingerprint density at radius 1 is 1.38 bits per heavy atom. The van der Waals surface area contributed by atoms with E-state index >= 15 is 0 Å². The van der Waals surface area contributed by atoms with Crippen molar-refractivity contribution in [1.82, 2.24) is 9.97 Å². The SMILES string of the molecule is [2H]c1coc2c(C(C)(C)C)ncnc12. The average Bonchev–Trinajstić information content (AvgIpc) is 2.46. The lowest BCUT2D eigenvalue weighted by Gasteiger charge is -2.16. The summed E-state index contributed by atoms with van der Waals surface area (Å²) in [7, 11) is 0. The second-order valence-electron chi connectivity index (χ2n) is 4.03. The van der Waals surface area contributed by atoms with Crippen LogP contribution in [-0.2, 0) is 5.41 Å². The molecule has 0 radical (unpaired) electrons. The number of rotatable bonds is 0. The summed E-state index contributed by atoms with van der Waals surface area (Å²) < 4.78 is 12.9. The lowest BCUT2D eigenvalue weighted by Crippen LogP contribution is -2.13. The van der Waals surface area contributed by atoms with Gasteiger partial charge >= 0.3 is 0 Å². The second-order valence-corrected chi connectivity index (χ2v) is 4.03. The number of hydrogen-bond acceptors (Lipinski definition) is 3. The highest BCUT2D eigenvalue weighted by atomic mass is 16.3. The predicted molar refractivity (Wildman–Crippen MR) is 50.5 cm³/mol. The molecular weight excluding hydrogens is 164 g/mol. The third kappa shape index (κ3) is 1.30. The van der Waals surface area contributed by atoms with Crippen LogP contribution in [0.3, 0.4) is 0 Å². The van der Waals surface area contributed by atoms with Crippen LogP contribution in [0.15, 0.2) is 23.1 Å². The fourth-order valence-corrected chi connectivity index (χ4v) is 1.27. The van der Waals surface area contributed by atoms with E-state index in [2.05, 4.69) is 30.7 Å². The van der Waals surface area contributed by atoms with E-state index in [0.717, 1.165) is 5.69 Å². The summed E-state index contributed by atoms with van der Waals surface area (Å²) in [6.45, 7) is 6.17. The van der Waals surface area contributed by atoms with Crippen molar-refractivity contribution in [1.29, 1.82) is 0 Å². The molecule has 0 aromatic carbocycles. The van der Waals surface area contributed by atoms with Gasteiger partial charge in [0.1, 0.15) is 11.8 Å². The first kappa shape index (κ1) is 7.06. The van der Waals surface area contributed by atoms with Gasteiger partial charge in [0, 0.05) is 11.5 Å². The van der Waals surface area contributed by atoms with Crippen LogP contribution in [0.25, 0.3) is 11.1 Å².